The molecule has 1 aromatic carbocycles. The molecular formula is C25H27Cl2N3O4. The van der Waals surface area contributed by atoms with Gasteiger partial charge >= 0.3 is 0 Å². The molecule has 2 unspecified atom stereocenters. The minimum Gasteiger partial charge on any atom is -0.492 e. The minimum absolute atomic E-state index is 0.0164. The fraction of sp³-hybridized carbons (Fsp3) is 0.400. The maximum absolute atomic E-state index is 12.1. The van der Waals surface area contributed by atoms with Crippen LogP contribution < -0.4 is 15.8 Å². The molecule has 0 radical (unpaired) electrons. The van der Waals surface area contributed by atoms with Crippen molar-refractivity contribution in [3.8, 4) is 11.8 Å². The lowest BCUT2D eigenvalue weighted by molar-refractivity contribution is -0.121. The van der Waals surface area contributed by atoms with Crippen LogP contribution in [0.25, 0.3) is 0 Å². The van der Waals surface area contributed by atoms with Crippen LogP contribution in [0, 0.1) is 17.2 Å². The number of nitrogens with one attached hydrogen (secondary N) is 1. The average Bonchev–Trinajstić information content (AvgIpc) is 3.57. The van der Waals surface area contributed by atoms with Crippen molar-refractivity contribution >= 4 is 35.0 Å². The molecule has 0 spiro atoms. The number of carbonyl (C=O) groups excluding carboxylic acids is 2. The third-order valence-corrected chi connectivity index (χ3v) is 6.63. The van der Waals surface area contributed by atoms with Crippen molar-refractivity contribution in [3.63, 3.8) is 0 Å². The van der Waals surface area contributed by atoms with Crippen LogP contribution in [0.15, 0.2) is 53.8 Å². The molecule has 2 atom stereocenters. The minimum atomic E-state index is -0.642. The van der Waals surface area contributed by atoms with Crippen molar-refractivity contribution in [3.05, 3.63) is 64.4 Å². The SMILES string of the molecule is CC1C(CCC(=O)NC2(C#N)CC2)=CC=C(OCC=CCOc2cc(Cl)ccc2C(N)=O)C1Cl. The lowest BCUT2D eigenvalue weighted by atomic mass is 9.88. The van der Waals surface area contributed by atoms with Gasteiger partial charge in [-0.1, -0.05) is 30.2 Å². The van der Waals surface area contributed by atoms with Crippen molar-refractivity contribution in [2.45, 2.75) is 43.5 Å². The second-order valence-corrected chi connectivity index (χ2v) is 9.25. The number of carbonyl (C=O) groups is 2. The maximum atomic E-state index is 12.1. The molecule has 2 amide bonds. The first-order valence-electron chi connectivity index (χ1n) is 11.0. The Labute approximate surface area is 209 Å². The van der Waals surface area contributed by atoms with Gasteiger partial charge in [0.25, 0.3) is 5.91 Å². The number of halogens is 2. The Bertz CT molecular complexity index is 1070. The predicted molar refractivity (Wildman–Crippen MR) is 130 cm³/mol. The van der Waals surface area contributed by atoms with Gasteiger partial charge in [-0.15, -0.1) is 11.6 Å². The first kappa shape index (κ1) is 25.7. The zero-order valence-electron chi connectivity index (χ0n) is 18.9. The summed E-state index contributed by atoms with van der Waals surface area (Å²) in [5, 5.41) is 12.0. The van der Waals surface area contributed by atoms with Crippen molar-refractivity contribution in [2.24, 2.45) is 11.7 Å². The van der Waals surface area contributed by atoms with Gasteiger partial charge < -0.3 is 20.5 Å². The van der Waals surface area contributed by atoms with E-state index in [1.807, 2.05) is 19.1 Å². The summed E-state index contributed by atoms with van der Waals surface area (Å²) in [5.74, 6) is 0.286. The first-order chi connectivity index (χ1) is 16.2. The Morgan fingerprint density at radius 2 is 1.97 bits per heavy atom. The number of nitrogens with zero attached hydrogens (tertiary/aromatic N) is 1. The highest BCUT2D eigenvalue weighted by atomic mass is 35.5. The second-order valence-electron chi connectivity index (χ2n) is 8.34. The van der Waals surface area contributed by atoms with Gasteiger partial charge in [0, 0.05) is 17.4 Å². The largest absolute Gasteiger partial charge is 0.492 e. The number of primary amides is 1. The zero-order valence-corrected chi connectivity index (χ0v) is 20.4. The number of nitrogens with two attached hydrogens (primary N) is 1. The molecule has 3 N–H and O–H groups in total. The van der Waals surface area contributed by atoms with Crippen LogP contribution in [-0.2, 0) is 9.53 Å². The summed E-state index contributed by atoms with van der Waals surface area (Å²) in [6, 6.07) is 6.80. The molecule has 1 saturated carbocycles. The van der Waals surface area contributed by atoms with Gasteiger partial charge in [-0.25, -0.2) is 0 Å². The number of hydrogen-bond acceptors (Lipinski definition) is 5. The van der Waals surface area contributed by atoms with Crippen molar-refractivity contribution in [2.75, 3.05) is 13.2 Å². The Kier molecular flexibility index (Phi) is 8.65. The summed E-state index contributed by atoms with van der Waals surface area (Å²) in [4.78, 5) is 23.6. The molecule has 2 aliphatic rings. The van der Waals surface area contributed by atoms with Gasteiger partial charge in [0.15, 0.2) is 0 Å². The van der Waals surface area contributed by atoms with Crippen LogP contribution in [0.1, 0.15) is 43.0 Å². The summed E-state index contributed by atoms with van der Waals surface area (Å²) in [7, 11) is 0. The molecule has 0 heterocycles. The molecule has 0 aliphatic heterocycles. The molecule has 0 aromatic heterocycles. The van der Waals surface area contributed by atoms with E-state index in [9.17, 15) is 9.59 Å². The summed E-state index contributed by atoms with van der Waals surface area (Å²) < 4.78 is 11.4. The number of allylic oxidation sites excluding steroid dienone is 4. The monoisotopic (exact) mass is 503 g/mol. The van der Waals surface area contributed by atoms with Crippen molar-refractivity contribution < 1.29 is 19.1 Å². The molecule has 7 nitrogen and oxygen atoms in total. The second kappa shape index (κ2) is 11.5. The molecule has 2 aliphatic carbocycles. The van der Waals surface area contributed by atoms with E-state index >= 15 is 0 Å². The normalized spacial score (nSPS) is 20.6. The third-order valence-electron chi connectivity index (χ3n) is 5.80. The number of nitriles is 1. The van der Waals surface area contributed by atoms with Crippen molar-refractivity contribution in [1.82, 2.24) is 5.32 Å². The van der Waals surface area contributed by atoms with E-state index in [0.29, 0.717) is 36.0 Å². The van der Waals surface area contributed by atoms with Gasteiger partial charge in [-0.3, -0.25) is 9.59 Å². The fourth-order valence-electron chi connectivity index (χ4n) is 3.52. The Morgan fingerprint density at radius 3 is 2.62 bits per heavy atom. The number of ether oxygens (including phenoxy) is 2. The summed E-state index contributed by atoms with van der Waals surface area (Å²) >= 11 is 12.5. The number of rotatable bonds is 11. The molecule has 3 rings (SSSR count). The molecule has 1 fully saturated rings. The predicted octanol–water partition coefficient (Wildman–Crippen LogP) is 4.41. The van der Waals surface area contributed by atoms with E-state index in [1.165, 1.54) is 6.07 Å². The highest BCUT2D eigenvalue weighted by molar-refractivity contribution is 6.30. The average molecular weight is 504 g/mol. The highest BCUT2D eigenvalue weighted by Crippen LogP contribution is 2.35. The van der Waals surface area contributed by atoms with Crippen molar-refractivity contribution in [1.29, 1.82) is 5.26 Å². The molecular weight excluding hydrogens is 477 g/mol. The Morgan fingerprint density at radius 1 is 1.26 bits per heavy atom. The van der Waals surface area contributed by atoms with E-state index < -0.39 is 11.4 Å². The molecule has 0 saturated heterocycles. The standard InChI is InChI=1S/C25H27Cl2N3O4/c1-16-17(5-9-22(31)30-25(15-28)10-11-25)4-8-20(23(16)27)33-12-2-3-13-34-21-14-18(26)6-7-19(21)24(29)32/h2-4,6-8,14,16,23H,5,9-13H2,1H3,(H2,29,32)(H,30,31). The van der Waals surface area contributed by atoms with Gasteiger partial charge in [0.2, 0.25) is 5.91 Å². The van der Waals surface area contributed by atoms with E-state index in [2.05, 4.69) is 11.4 Å². The molecule has 0 bridgehead atoms. The van der Waals surface area contributed by atoms with Gasteiger partial charge in [-0.05, 0) is 55.7 Å². The van der Waals surface area contributed by atoms with Gasteiger partial charge in [0.05, 0.1) is 17.0 Å². The lowest BCUT2D eigenvalue weighted by Gasteiger charge is -2.27. The molecule has 34 heavy (non-hydrogen) atoms. The van der Waals surface area contributed by atoms with Crippen LogP contribution in [0.4, 0.5) is 0 Å². The third kappa shape index (κ3) is 6.78. The smallest absolute Gasteiger partial charge is 0.252 e. The molecule has 1 aromatic rings. The van der Waals surface area contributed by atoms with E-state index in [-0.39, 0.29) is 29.4 Å². The first-order valence-corrected chi connectivity index (χ1v) is 11.8. The van der Waals surface area contributed by atoms with E-state index in [0.717, 1.165) is 18.4 Å². The number of amides is 2. The molecule has 180 valence electrons. The quantitative estimate of drug-likeness (QED) is 0.342. The Balaban J connectivity index is 1.44. The van der Waals surface area contributed by atoms with Gasteiger partial charge in [0.1, 0.15) is 30.3 Å². The van der Waals surface area contributed by atoms with Crippen LogP contribution in [0.5, 0.6) is 5.75 Å². The number of alkyl halides is 1. The zero-order chi connectivity index (χ0) is 24.7. The number of hydrogen-bond donors (Lipinski definition) is 2. The fourth-order valence-corrected chi connectivity index (χ4v) is 3.98. The summed E-state index contributed by atoms with van der Waals surface area (Å²) in [6.45, 7) is 2.51. The van der Waals surface area contributed by atoms with Crippen LogP contribution in [-0.4, -0.2) is 35.9 Å². The van der Waals surface area contributed by atoms with Crippen LogP contribution >= 0.6 is 23.2 Å². The topological polar surface area (TPSA) is 114 Å². The van der Waals surface area contributed by atoms with Crippen LogP contribution in [0.2, 0.25) is 5.02 Å². The van der Waals surface area contributed by atoms with Gasteiger partial charge in [-0.2, -0.15) is 5.26 Å². The highest BCUT2D eigenvalue weighted by Gasteiger charge is 2.44. The summed E-state index contributed by atoms with van der Waals surface area (Å²) in [5.41, 5.74) is 6.03. The summed E-state index contributed by atoms with van der Waals surface area (Å²) in [6.07, 6.45) is 9.66. The lowest BCUT2D eigenvalue weighted by Crippen LogP contribution is -2.35. The van der Waals surface area contributed by atoms with E-state index in [4.69, 9.17) is 43.7 Å². The maximum Gasteiger partial charge on any atom is 0.252 e. The Hall–Kier alpha value is -2.95. The van der Waals surface area contributed by atoms with Crippen LogP contribution in [0.3, 0.4) is 0 Å². The number of benzene rings is 1. The van der Waals surface area contributed by atoms with E-state index in [1.54, 1.807) is 24.3 Å². The molecule has 9 heteroatoms.